The molecular formula is C36H35BN2Si. The van der Waals surface area contributed by atoms with Crippen molar-refractivity contribution in [3.8, 4) is 0 Å². The van der Waals surface area contributed by atoms with Crippen LogP contribution < -0.4 is 0 Å². The van der Waals surface area contributed by atoms with E-state index >= 15 is 0 Å². The molecule has 0 aliphatic carbocycles. The van der Waals surface area contributed by atoms with Crippen LogP contribution in [0, 0.1) is 0 Å². The van der Waals surface area contributed by atoms with Crippen LogP contribution in [0.2, 0.25) is 0 Å². The molecule has 2 radical (unpaired) electrons. The molecule has 4 heteroatoms. The molecule has 0 bridgehead atoms. The predicted molar refractivity (Wildman–Crippen MR) is 174 cm³/mol. The van der Waals surface area contributed by atoms with Gasteiger partial charge in [-0.15, -0.1) is 12.6 Å². The van der Waals surface area contributed by atoms with Crippen LogP contribution in [0.3, 0.4) is 0 Å². The lowest BCUT2D eigenvalue weighted by atomic mass is 9.92. The zero-order valence-corrected chi connectivity index (χ0v) is 24.5. The molecule has 5 rings (SSSR count). The Morgan fingerprint density at radius 2 is 1.27 bits per heavy atom. The first-order valence-electron chi connectivity index (χ1n) is 13.7. The first-order valence-corrected chi connectivity index (χ1v) is 15.1. The molecule has 4 aromatic carbocycles. The smallest absolute Gasteiger partial charge is 0.103 e. The fraction of sp³-hybridized carbons (Fsp3) is 0.0833. The van der Waals surface area contributed by atoms with Crippen LogP contribution in [0.15, 0.2) is 170 Å². The summed E-state index contributed by atoms with van der Waals surface area (Å²) in [5.41, 5.74) is 5.93. The Hall–Kier alpha value is -4.41. The lowest BCUT2D eigenvalue weighted by Gasteiger charge is -2.37. The maximum atomic E-state index is 5.67. The van der Waals surface area contributed by atoms with Gasteiger partial charge >= 0.3 is 0 Å². The van der Waals surface area contributed by atoms with E-state index in [2.05, 4.69) is 126 Å². The standard InChI is InChI=1S/C22H24N2Si.C14H11B/c1-3-4-11-19(2)25-22(24-17-16-23-18-24,20-12-7-5-8-13-20)21-14-9-6-10-15-21;15-11-14(12-7-3-1-4-8-12)13-9-5-2-6-10-13/h4-18H,2-3,25H2,1H3;1-11H. The number of rotatable bonds is 9. The van der Waals surface area contributed by atoms with Crippen LogP contribution in [-0.2, 0) is 5.16 Å². The van der Waals surface area contributed by atoms with Gasteiger partial charge in [-0.3, -0.25) is 0 Å². The van der Waals surface area contributed by atoms with Crippen LogP contribution >= 0.6 is 0 Å². The average Bonchev–Trinajstić information content (AvgIpc) is 3.57. The highest BCUT2D eigenvalue weighted by molar-refractivity contribution is 6.51. The Kier molecular flexibility index (Phi) is 10.5. The Balaban J connectivity index is 0.000000210. The van der Waals surface area contributed by atoms with Crippen LogP contribution in [0.4, 0.5) is 0 Å². The first kappa shape index (κ1) is 28.6. The zero-order chi connectivity index (χ0) is 28.0. The second-order valence-electron chi connectivity index (χ2n) is 9.52. The highest BCUT2D eigenvalue weighted by atomic mass is 28.2. The van der Waals surface area contributed by atoms with Gasteiger partial charge in [-0.05, 0) is 34.2 Å². The molecule has 40 heavy (non-hydrogen) atoms. The number of aromatic nitrogens is 2. The number of hydrogen-bond donors (Lipinski definition) is 0. The summed E-state index contributed by atoms with van der Waals surface area (Å²) in [6, 6.07) is 41.8. The molecule has 5 aromatic rings. The quantitative estimate of drug-likeness (QED) is 0.141. The Morgan fingerprint density at radius 1 is 0.800 bits per heavy atom. The molecule has 0 amide bonds. The van der Waals surface area contributed by atoms with E-state index in [9.17, 15) is 0 Å². The van der Waals surface area contributed by atoms with E-state index in [0.29, 0.717) is 0 Å². The van der Waals surface area contributed by atoms with Crippen LogP contribution in [0.25, 0.3) is 5.57 Å². The molecule has 196 valence electrons. The summed E-state index contributed by atoms with van der Waals surface area (Å²) >= 11 is 0. The summed E-state index contributed by atoms with van der Waals surface area (Å²) in [6.45, 7) is 6.53. The number of nitrogens with zero attached hydrogens (tertiary/aromatic N) is 2. The summed E-state index contributed by atoms with van der Waals surface area (Å²) in [7, 11) is 4.87. The molecule has 0 fully saturated rings. The molecular weight excluding hydrogens is 499 g/mol. The van der Waals surface area contributed by atoms with Crippen molar-refractivity contribution in [1.29, 1.82) is 0 Å². The van der Waals surface area contributed by atoms with E-state index in [1.165, 1.54) is 16.3 Å². The van der Waals surface area contributed by atoms with Crippen molar-refractivity contribution in [2.75, 3.05) is 0 Å². The monoisotopic (exact) mass is 534 g/mol. The SMILES string of the molecule is C=C(C=CCC)[SiH2]C(c1ccccc1)(c1ccccc1)n1ccnc1.[B]C=C(c1ccccc1)c1ccccc1. The van der Waals surface area contributed by atoms with E-state index in [0.717, 1.165) is 23.1 Å². The zero-order valence-electron chi connectivity index (χ0n) is 23.1. The molecule has 0 atom stereocenters. The fourth-order valence-corrected chi connectivity index (χ4v) is 7.13. The third-order valence-corrected chi connectivity index (χ3v) is 9.24. The Bertz CT molecular complexity index is 1410. The van der Waals surface area contributed by atoms with Crippen LogP contribution in [0.1, 0.15) is 35.6 Å². The van der Waals surface area contributed by atoms with Crippen LogP contribution in [-0.4, -0.2) is 26.9 Å². The summed E-state index contributed by atoms with van der Waals surface area (Å²) < 4.78 is 2.26. The molecule has 2 nitrogen and oxygen atoms in total. The van der Waals surface area contributed by atoms with E-state index in [4.69, 9.17) is 7.85 Å². The number of benzene rings is 4. The van der Waals surface area contributed by atoms with Gasteiger partial charge in [0.2, 0.25) is 0 Å². The van der Waals surface area contributed by atoms with Gasteiger partial charge in [-0.2, -0.15) is 0 Å². The Labute approximate surface area is 242 Å². The van der Waals surface area contributed by atoms with Crippen molar-refractivity contribution in [2.24, 2.45) is 0 Å². The average molecular weight is 535 g/mol. The maximum Gasteiger partial charge on any atom is 0.103 e. The second kappa shape index (κ2) is 14.7. The predicted octanol–water partition coefficient (Wildman–Crippen LogP) is 7.53. The van der Waals surface area contributed by atoms with Crippen molar-refractivity contribution in [2.45, 2.75) is 18.5 Å². The number of allylic oxidation sites excluding steroid dienone is 3. The number of hydrogen-bond acceptors (Lipinski definition) is 1. The molecule has 0 N–H and O–H groups in total. The summed E-state index contributed by atoms with van der Waals surface area (Å²) in [6.07, 6.45) is 11.3. The molecule has 0 aliphatic rings. The van der Waals surface area contributed by atoms with E-state index in [-0.39, 0.29) is 5.16 Å². The highest BCUT2D eigenvalue weighted by Gasteiger charge is 2.36. The normalized spacial score (nSPS) is 11.2. The molecule has 0 saturated carbocycles. The third kappa shape index (κ3) is 6.96. The van der Waals surface area contributed by atoms with Crippen molar-refractivity contribution in [3.05, 3.63) is 192 Å². The van der Waals surface area contributed by atoms with Crippen molar-refractivity contribution < 1.29 is 0 Å². The molecule has 0 saturated heterocycles. The Morgan fingerprint density at radius 3 is 1.68 bits per heavy atom. The van der Waals surface area contributed by atoms with Gasteiger partial charge in [0.25, 0.3) is 0 Å². The van der Waals surface area contributed by atoms with Gasteiger partial charge in [0.1, 0.15) is 7.85 Å². The highest BCUT2D eigenvalue weighted by Crippen LogP contribution is 2.34. The minimum atomic E-state index is -0.801. The minimum absolute atomic E-state index is 0.228. The molecule has 1 heterocycles. The second-order valence-corrected chi connectivity index (χ2v) is 11.8. The van der Waals surface area contributed by atoms with Gasteiger partial charge in [-0.25, -0.2) is 4.98 Å². The minimum Gasteiger partial charge on any atom is -0.326 e. The van der Waals surface area contributed by atoms with E-state index in [1.54, 1.807) is 5.98 Å². The summed E-state index contributed by atoms with van der Waals surface area (Å²) in [4.78, 5) is 4.35. The maximum absolute atomic E-state index is 5.67. The molecule has 0 unspecified atom stereocenters. The van der Waals surface area contributed by atoms with Gasteiger partial charge in [0.15, 0.2) is 0 Å². The summed E-state index contributed by atoms with van der Waals surface area (Å²) in [5, 5.41) is 1.01. The van der Waals surface area contributed by atoms with Crippen molar-refractivity contribution in [3.63, 3.8) is 0 Å². The molecule has 1 aromatic heterocycles. The number of imidazole rings is 1. The van der Waals surface area contributed by atoms with E-state index in [1.807, 2.05) is 48.9 Å². The van der Waals surface area contributed by atoms with Crippen molar-refractivity contribution >= 4 is 22.9 Å². The van der Waals surface area contributed by atoms with Gasteiger partial charge in [-0.1, -0.05) is 146 Å². The fourth-order valence-electron chi connectivity index (χ4n) is 4.94. The lowest BCUT2D eigenvalue weighted by molar-refractivity contribution is 0.595. The molecule has 0 aliphatic heterocycles. The lowest BCUT2D eigenvalue weighted by Crippen LogP contribution is -2.42. The third-order valence-electron chi connectivity index (χ3n) is 6.86. The molecule has 0 spiro atoms. The first-order chi connectivity index (χ1) is 19.7. The van der Waals surface area contributed by atoms with E-state index < -0.39 is 9.52 Å². The van der Waals surface area contributed by atoms with Gasteiger partial charge in [0, 0.05) is 12.4 Å². The summed E-state index contributed by atoms with van der Waals surface area (Å²) in [5.74, 6) is 1.66. The topological polar surface area (TPSA) is 17.8 Å². The van der Waals surface area contributed by atoms with Gasteiger partial charge < -0.3 is 4.57 Å². The van der Waals surface area contributed by atoms with Crippen molar-refractivity contribution in [1.82, 2.24) is 9.55 Å². The van der Waals surface area contributed by atoms with Crippen LogP contribution in [0.5, 0.6) is 0 Å². The largest absolute Gasteiger partial charge is 0.326 e. The van der Waals surface area contributed by atoms with Gasteiger partial charge in [0.05, 0.1) is 21.0 Å².